The zero-order valence-corrected chi connectivity index (χ0v) is 12.4. The number of aliphatic carboxylic acids is 1. The van der Waals surface area contributed by atoms with Crippen LogP contribution in [0.2, 0.25) is 0 Å². The number of aromatic nitrogens is 1. The minimum Gasteiger partial charge on any atom is -0.480 e. The first-order valence-corrected chi connectivity index (χ1v) is 6.33. The van der Waals surface area contributed by atoms with Crippen LogP contribution >= 0.6 is 0 Å². The Morgan fingerprint density at radius 2 is 1.95 bits per heavy atom. The van der Waals surface area contributed by atoms with Gasteiger partial charge < -0.3 is 20.2 Å². The highest BCUT2D eigenvalue weighted by Gasteiger charge is 2.33. The lowest BCUT2D eigenvalue weighted by molar-refractivity contribution is -0.141. The molecule has 0 aliphatic heterocycles. The van der Waals surface area contributed by atoms with Crippen molar-refractivity contribution >= 4 is 12.0 Å². The Morgan fingerprint density at radius 1 is 1.35 bits per heavy atom. The Balaban J connectivity index is 2.65. The van der Waals surface area contributed by atoms with E-state index < -0.39 is 29.5 Å². The third kappa shape index (κ3) is 4.25. The van der Waals surface area contributed by atoms with Gasteiger partial charge in [0, 0.05) is 0 Å². The zero-order chi connectivity index (χ0) is 15.5. The number of carboxylic acids is 1. The van der Waals surface area contributed by atoms with Crippen molar-refractivity contribution < 1.29 is 19.1 Å². The Morgan fingerprint density at radius 3 is 2.35 bits per heavy atom. The minimum absolute atomic E-state index is 0.375. The number of rotatable bonds is 4. The van der Waals surface area contributed by atoms with E-state index >= 15 is 0 Å². The van der Waals surface area contributed by atoms with Crippen LogP contribution in [0.25, 0.3) is 0 Å². The molecule has 1 unspecified atom stereocenters. The zero-order valence-electron chi connectivity index (χ0n) is 12.4. The van der Waals surface area contributed by atoms with Gasteiger partial charge in [-0.3, -0.25) is 0 Å². The van der Waals surface area contributed by atoms with Crippen molar-refractivity contribution in [2.75, 3.05) is 0 Å². The van der Waals surface area contributed by atoms with Gasteiger partial charge in [-0.1, -0.05) is 20.8 Å². The second-order valence-corrected chi connectivity index (χ2v) is 5.79. The smallest absolute Gasteiger partial charge is 0.326 e. The first-order valence-electron chi connectivity index (χ1n) is 6.33. The Hall–Kier alpha value is -2.05. The standard InChI is InChI=1S/C13H21N3O4/c1-7-6-14-10(20-7)8(2)15-12(19)16-9(11(17)18)13(3,4)5/h6,8-9H,1-5H3,(H,17,18)(H2,15,16,19)/t8?,9-/m0/s1. The molecule has 2 atom stereocenters. The van der Waals surface area contributed by atoms with Gasteiger partial charge in [-0.05, 0) is 19.3 Å². The van der Waals surface area contributed by atoms with Gasteiger partial charge in [0.15, 0.2) is 0 Å². The van der Waals surface area contributed by atoms with Crippen LogP contribution in [0.4, 0.5) is 4.79 Å². The monoisotopic (exact) mass is 283 g/mol. The normalized spacial score (nSPS) is 14.4. The summed E-state index contributed by atoms with van der Waals surface area (Å²) in [5.41, 5.74) is -0.591. The van der Waals surface area contributed by atoms with E-state index in [0.717, 1.165) is 0 Å². The van der Waals surface area contributed by atoms with Gasteiger partial charge in [0.05, 0.1) is 6.20 Å². The lowest BCUT2D eigenvalue weighted by atomic mass is 9.87. The van der Waals surface area contributed by atoms with Gasteiger partial charge in [-0.25, -0.2) is 14.6 Å². The fourth-order valence-corrected chi connectivity index (χ4v) is 1.65. The molecule has 0 aliphatic carbocycles. The average Bonchev–Trinajstić information content (AvgIpc) is 2.70. The summed E-state index contributed by atoms with van der Waals surface area (Å²) in [6, 6.07) is -2.00. The largest absolute Gasteiger partial charge is 0.480 e. The number of carboxylic acid groups (broad SMARTS) is 1. The number of urea groups is 1. The highest BCUT2D eigenvalue weighted by Crippen LogP contribution is 2.19. The molecule has 1 aromatic rings. The SMILES string of the molecule is Cc1cnc(C(C)NC(=O)N[C@@H](C(=O)O)C(C)(C)C)o1. The van der Waals surface area contributed by atoms with Gasteiger partial charge in [0.1, 0.15) is 17.8 Å². The number of aryl methyl sites for hydroxylation is 1. The van der Waals surface area contributed by atoms with E-state index in [4.69, 9.17) is 9.52 Å². The highest BCUT2D eigenvalue weighted by molar-refractivity contribution is 5.83. The fraction of sp³-hybridized carbons (Fsp3) is 0.615. The van der Waals surface area contributed by atoms with Gasteiger partial charge >= 0.3 is 12.0 Å². The molecule has 0 bridgehead atoms. The number of amides is 2. The molecule has 0 aromatic carbocycles. The van der Waals surface area contributed by atoms with E-state index in [1.165, 1.54) is 0 Å². The number of hydrogen-bond donors (Lipinski definition) is 3. The second kappa shape index (κ2) is 5.94. The highest BCUT2D eigenvalue weighted by atomic mass is 16.4. The predicted octanol–water partition coefficient (Wildman–Crippen LogP) is 1.84. The van der Waals surface area contributed by atoms with E-state index in [9.17, 15) is 9.59 Å². The Kier molecular flexibility index (Phi) is 4.75. The third-order valence-electron chi connectivity index (χ3n) is 2.75. The van der Waals surface area contributed by atoms with Gasteiger partial charge in [0.25, 0.3) is 0 Å². The topological polar surface area (TPSA) is 104 Å². The van der Waals surface area contributed by atoms with Gasteiger partial charge in [-0.15, -0.1) is 0 Å². The van der Waals surface area contributed by atoms with Crippen LogP contribution in [0, 0.1) is 12.3 Å². The molecule has 0 saturated heterocycles. The molecule has 112 valence electrons. The molecular formula is C13H21N3O4. The van der Waals surface area contributed by atoms with E-state index in [1.54, 1.807) is 40.8 Å². The maximum absolute atomic E-state index is 11.8. The Labute approximate surface area is 117 Å². The number of carbonyl (C=O) groups excluding carboxylic acids is 1. The molecular weight excluding hydrogens is 262 g/mol. The molecule has 0 saturated carbocycles. The third-order valence-corrected chi connectivity index (χ3v) is 2.75. The summed E-state index contributed by atoms with van der Waals surface area (Å²) >= 11 is 0. The molecule has 0 spiro atoms. The second-order valence-electron chi connectivity index (χ2n) is 5.79. The van der Waals surface area contributed by atoms with Gasteiger partial charge in [0.2, 0.25) is 5.89 Å². The number of hydrogen-bond acceptors (Lipinski definition) is 4. The minimum atomic E-state index is -1.08. The van der Waals surface area contributed by atoms with Crippen LogP contribution in [-0.2, 0) is 4.79 Å². The molecule has 7 nitrogen and oxygen atoms in total. The van der Waals surface area contributed by atoms with Gasteiger partial charge in [-0.2, -0.15) is 0 Å². The average molecular weight is 283 g/mol. The van der Waals surface area contributed by atoms with Crippen LogP contribution in [0.15, 0.2) is 10.6 Å². The van der Waals surface area contributed by atoms with Crippen LogP contribution in [0.5, 0.6) is 0 Å². The lowest BCUT2D eigenvalue weighted by Gasteiger charge is -2.28. The van der Waals surface area contributed by atoms with Crippen molar-refractivity contribution in [3.05, 3.63) is 17.8 Å². The number of oxazole rings is 1. The van der Waals surface area contributed by atoms with Crippen molar-refractivity contribution in [1.82, 2.24) is 15.6 Å². The maximum atomic E-state index is 11.8. The summed E-state index contributed by atoms with van der Waals surface area (Å²) in [6.45, 7) is 8.69. The molecule has 0 fully saturated rings. The molecule has 1 rings (SSSR count). The Bertz CT molecular complexity index is 490. The first-order chi connectivity index (χ1) is 9.11. The van der Waals surface area contributed by atoms with Crippen molar-refractivity contribution in [2.45, 2.75) is 46.7 Å². The molecule has 2 amide bonds. The molecule has 1 heterocycles. The van der Waals surface area contributed by atoms with E-state index in [1.807, 2.05) is 0 Å². The molecule has 7 heteroatoms. The van der Waals surface area contributed by atoms with E-state index in [0.29, 0.717) is 11.7 Å². The van der Waals surface area contributed by atoms with Crippen LogP contribution < -0.4 is 10.6 Å². The predicted molar refractivity (Wildman–Crippen MR) is 72.2 cm³/mol. The summed E-state index contributed by atoms with van der Waals surface area (Å²) in [4.78, 5) is 27.0. The first kappa shape index (κ1) is 16.0. The molecule has 20 heavy (non-hydrogen) atoms. The van der Waals surface area contributed by atoms with Crippen molar-refractivity contribution in [3.8, 4) is 0 Å². The molecule has 0 radical (unpaired) electrons. The van der Waals surface area contributed by atoms with Crippen LogP contribution in [0.3, 0.4) is 0 Å². The van der Waals surface area contributed by atoms with Crippen molar-refractivity contribution in [1.29, 1.82) is 0 Å². The van der Waals surface area contributed by atoms with E-state index in [2.05, 4.69) is 15.6 Å². The quantitative estimate of drug-likeness (QED) is 0.782. The number of nitrogens with one attached hydrogen (secondary N) is 2. The lowest BCUT2D eigenvalue weighted by Crippen LogP contribution is -2.52. The van der Waals surface area contributed by atoms with E-state index in [-0.39, 0.29) is 0 Å². The fourth-order valence-electron chi connectivity index (χ4n) is 1.65. The summed E-state index contributed by atoms with van der Waals surface area (Å²) < 4.78 is 5.30. The van der Waals surface area contributed by atoms with Crippen molar-refractivity contribution in [3.63, 3.8) is 0 Å². The summed E-state index contributed by atoms with van der Waals surface area (Å²) in [6.07, 6.45) is 1.56. The van der Waals surface area contributed by atoms with Crippen LogP contribution in [-0.4, -0.2) is 28.1 Å². The molecule has 3 N–H and O–H groups in total. The summed E-state index contributed by atoms with van der Waals surface area (Å²) in [7, 11) is 0. The summed E-state index contributed by atoms with van der Waals surface area (Å²) in [5, 5.41) is 14.2. The van der Waals surface area contributed by atoms with Crippen LogP contribution in [0.1, 0.15) is 45.4 Å². The molecule has 1 aromatic heterocycles. The summed E-state index contributed by atoms with van der Waals surface area (Å²) in [5.74, 6) is -0.0558. The van der Waals surface area contributed by atoms with Crippen molar-refractivity contribution in [2.24, 2.45) is 5.41 Å². The molecule has 0 aliphatic rings. The number of nitrogens with zero attached hydrogens (tertiary/aromatic N) is 1. The maximum Gasteiger partial charge on any atom is 0.326 e. The number of carbonyl (C=O) groups is 2.